The van der Waals surface area contributed by atoms with E-state index in [0.717, 1.165) is 30.6 Å². The van der Waals surface area contributed by atoms with Crippen LogP contribution in [0.1, 0.15) is 29.2 Å². The molecule has 2 aromatic carbocycles. The summed E-state index contributed by atoms with van der Waals surface area (Å²) in [4.78, 5) is 0. The Morgan fingerprint density at radius 2 is 1.95 bits per heavy atom. The fourth-order valence-electron chi connectivity index (χ4n) is 3.19. The van der Waals surface area contributed by atoms with Crippen molar-refractivity contribution in [3.05, 3.63) is 64.2 Å². The Balaban J connectivity index is 1.82. The van der Waals surface area contributed by atoms with Crippen LogP contribution in [0.2, 0.25) is 5.02 Å². The third-order valence-electron chi connectivity index (χ3n) is 4.46. The van der Waals surface area contributed by atoms with E-state index in [9.17, 15) is 0 Å². The Bertz CT molecular complexity index is 641. The Labute approximate surface area is 130 Å². The zero-order valence-corrected chi connectivity index (χ0v) is 12.9. The van der Waals surface area contributed by atoms with Crippen molar-refractivity contribution >= 4 is 11.6 Å². The maximum atomic E-state index is 6.49. The van der Waals surface area contributed by atoms with E-state index in [4.69, 9.17) is 22.1 Å². The largest absolute Gasteiger partial charge is 0.497 e. The number of methoxy groups -OCH3 is 1. The van der Waals surface area contributed by atoms with Crippen LogP contribution >= 0.6 is 11.6 Å². The van der Waals surface area contributed by atoms with Crippen LogP contribution in [0.5, 0.6) is 5.75 Å². The second-order valence-corrected chi connectivity index (χ2v) is 6.09. The van der Waals surface area contributed by atoms with Crippen LogP contribution in [0, 0.1) is 5.92 Å². The van der Waals surface area contributed by atoms with Gasteiger partial charge in [-0.25, -0.2) is 0 Å². The standard InChI is InChI=1S/C18H20ClNO/c1-21-15-8-9-16(17(19)11-15)18(20)14-7-6-12-4-2-3-5-13(12)10-14/h2-5,8-9,11,14,18H,6-7,10,20H2,1H3. The first-order valence-electron chi connectivity index (χ1n) is 7.35. The van der Waals surface area contributed by atoms with Gasteiger partial charge in [0.2, 0.25) is 0 Å². The van der Waals surface area contributed by atoms with Crippen molar-refractivity contribution in [1.82, 2.24) is 0 Å². The van der Waals surface area contributed by atoms with E-state index >= 15 is 0 Å². The number of halogens is 1. The summed E-state index contributed by atoms with van der Waals surface area (Å²) in [6.07, 6.45) is 3.24. The number of nitrogens with two attached hydrogens (primary N) is 1. The summed E-state index contributed by atoms with van der Waals surface area (Å²) in [6, 6.07) is 14.4. The molecular formula is C18H20ClNO. The molecule has 110 valence electrons. The summed E-state index contributed by atoms with van der Waals surface area (Å²) < 4.78 is 5.20. The van der Waals surface area contributed by atoms with Crippen LogP contribution in [-0.2, 0) is 12.8 Å². The molecule has 3 rings (SSSR count). The van der Waals surface area contributed by atoms with Crippen LogP contribution in [-0.4, -0.2) is 7.11 Å². The second kappa shape index (κ2) is 6.08. The van der Waals surface area contributed by atoms with Crippen molar-refractivity contribution < 1.29 is 4.74 Å². The van der Waals surface area contributed by atoms with Crippen molar-refractivity contribution in [1.29, 1.82) is 0 Å². The van der Waals surface area contributed by atoms with Gasteiger partial charge in [0.05, 0.1) is 7.11 Å². The maximum Gasteiger partial charge on any atom is 0.120 e. The quantitative estimate of drug-likeness (QED) is 0.924. The average molecular weight is 302 g/mol. The number of benzene rings is 2. The highest BCUT2D eigenvalue weighted by atomic mass is 35.5. The molecule has 0 fully saturated rings. The third-order valence-corrected chi connectivity index (χ3v) is 4.79. The molecule has 0 aromatic heterocycles. The number of ether oxygens (including phenoxy) is 1. The van der Waals surface area contributed by atoms with E-state index in [2.05, 4.69) is 24.3 Å². The molecule has 2 nitrogen and oxygen atoms in total. The number of fused-ring (bicyclic) bond motifs is 1. The van der Waals surface area contributed by atoms with E-state index < -0.39 is 0 Å². The van der Waals surface area contributed by atoms with Gasteiger partial charge in [-0.15, -0.1) is 0 Å². The van der Waals surface area contributed by atoms with Crippen LogP contribution in [0.4, 0.5) is 0 Å². The second-order valence-electron chi connectivity index (χ2n) is 5.68. The van der Waals surface area contributed by atoms with Crippen LogP contribution in [0.3, 0.4) is 0 Å². The summed E-state index contributed by atoms with van der Waals surface area (Å²) >= 11 is 6.36. The number of aryl methyl sites for hydroxylation is 1. The van der Waals surface area contributed by atoms with Gasteiger partial charge >= 0.3 is 0 Å². The van der Waals surface area contributed by atoms with Crippen molar-refractivity contribution in [2.24, 2.45) is 11.7 Å². The summed E-state index contributed by atoms with van der Waals surface area (Å²) in [6.45, 7) is 0. The molecule has 2 aromatic rings. The fourth-order valence-corrected chi connectivity index (χ4v) is 3.49. The van der Waals surface area contributed by atoms with Gasteiger partial charge in [0, 0.05) is 11.1 Å². The lowest BCUT2D eigenvalue weighted by molar-refractivity contribution is 0.381. The lowest BCUT2D eigenvalue weighted by Gasteiger charge is -2.30. The number of hydrogen-bond donors (Lipinski definition) is 1. The van der Waals surface area contributed by atoms with Crippen molar-refractivity contribution in [3.63, 3.8) is 0 Å². The molecule has 2 N–H and O–H groups in total. The molecule has 2 atom stereocenters. The molecule has 0 spiro atoms. The molecule has 21 heavy (non-hydrogen) atoms. The van der Waals surface area contributed by atoms with Crippen molar-refractivity contribution in [2.45, 2.75) is 25.3 Å². The molecule has 1 aliphatic carbocycles. The minimum Gasteiger partial charge on any atom is -0.497 e. The van der Waals surface area contributed by atoms with Gasteiger partial charge in [-0.1, -0.05) is 41.9 Å². The van der Waals surface area contributed by atoms with Crippen molar-refractivity contribution in [2.75, 3.05) is 7.11 Å². The molecule has 0 radical (unpaired) electrons. The fraction of sp³-hybridized carbons (Fsp3) is 0.333. The molecule has 1 aliphatic rings. The summed E-state index contributed by atoms with van der Waals surface area (Å²) in [5.74, 6) is 1.20. The SMILES string of the molecule is COc1ccc(C(N)C2CCc3ccccc3C2)c(Cl)c1. The van der Waals surface area contributed by atoms with E-state index in [1.54, 1.807) is 7.11 Å². The molecule has 0 saturated carbocycles. The lowest BCUT2D eigenvalue weighted by Crippen LogP contribution is -2.27. The first-order chi connectivity index (χ1) is 10.2. The van der Waals surface area contributed by atoms with Gasteiger partial charge in [-0.3, -0.25) is 0 Å². The maximum absolute atomic E-state index is 6.49. The minimum atomic E-state index is -0.0308. The highest BCUT2D eigenvalue weighted by Crippen LogP contribution is 2.36. The normalized spacial score (nSPS) is 18.9. The van der Waals surface area contributed by atoms with Gasteiger partial charge in [0.1, 0.15) is 5.75 Å². The Morgan fingerprint density at radius 1 is 1.19 bits per heavy atom. The number of rotatable bonds is 3. The molecule has 3 heteroatoms. The van der Waals surface area contributed by atoms with E-state index in [1.165, 1.54) is 11.1 Å². The van der Waals surface area contributed by atoms with Crippen LogP contribution in [0.15, 0.2) is 42.5 Å². The van der Waals surface area contributed by atoms with Gasteiger partial charge < -0.3 is 10.5 Å². The summed E-state index contributed by atoms with van der Waals surface area (Å²) in [5.41, 5.74) is 10.4. The van der Waals surface area contributed by atoms with Gasteiger partial charge in [0.15, 0.2) is 0 Å². The van der Waals surface area contributed by atoms with E-state index in [0.29, 0.717) is 10.9 Å². The predicted octanol–water partition coefficient (Wildman–Crippen LogP) is 4.15. The van der Waals surface area contributed by atoms with Crippen molar-refractivity contribution in [3.8, 4) is 5.75 Å². The number of hydrogen-bond acceptors (Lipinski definition) is 2. The molecule has 0 amide bonds. The highest BCUT2D eigenvalue weighted by molar-refractivity contribution is 6.31. The topological polar surface area (TPSA) is 35.2 Å². The molecule has 0 saturated heterocycles. The summed E-state index contributed by atoms with van der Waals surface area (Å²) in [5, 5.41) is 0.695. The third kappa shape index (κ3) is 2.92. The van der Waals surface area contributed by atoms with E-state index in [1.807, 2.05) is 18.2 Å². The summed E-state index contributed by atoms with van der Waals surface area (Å²) in [7, 11) is 1.64. The first kappa shape index (κ1) is 14.4. The van der Waals surface area contributed by atoms with E-state index in [-0.39, 0.29) is 6.04 Å². The molecule has 2 unspecified atom stereocenters. The highest BCUT2D eigenvalue weighted by Gasteiger charge is 2.26. The molecule has 0 bridgehead atoms. The minimum absolute atomic E-state index is 0.0308. The molecular weight excluding hydrogens is 282 g/mol. The molecule has 0 heterocycles. The van der Waals surface area contributed by atoms with Crippen LogP contribution in [0.25, 0.3) is 0 Å². The predicted molar refractivity (Wildman–Crippen MR) is 86.9 cm³/mol. The molecule has 0 aliphatic heterocycles. The van der Waals surface area contributed by atoms with Gasteiger partial charge in [-0.2, -0.15) is 0 Å². The van der Waals surface area contributed by atoms with Gasteiger partial charge in [-0.05, 0) is 54.0 Å². The first-order valence-corrected chi connectivity index (χ1v) is 7.72. The Hall–Kier alpha value is -1.51. The van der Waals surface area contributed by atoms with Crippen LogP contribution < -0.4 is 10.5 Å². The Kier molecular flexibility index (Phi) is 4.18. The Morgan fingerprint density at radius 3 is 2.67 bits per heavy atom. The zero-order valence-electron chi connectivity index (χ0n) is 12.2. The monoisotopic (exact) mass is 301 g/mol. The smallest absolute Gasteiger partial charge is 0.120 e. The zero-order chi connectivity index (χ0) is 14.8. The van der Waals surface area contributed by atoms with Gasteiger partial charge in [0.25, 0.3) is 0 Å². The lowest BCUT2D eigenvalue weighted by atomic mass is 9.78. The average Bonchev–Trinajstić information content (AvgIpc) is 2.53.